The molecule has 132 valence electrons. The summed E-state index contributed by atoms with van der Waals surface area (Å²) in [5.41, 5.74) is 1.03. The fraction of sp³-hybridized carbons (Fsp3) is 0.500. The van der Waals surface area contributed by atoms with Gasteiger partial charge in [0, 0.05) is 50.3 Å². The topological polar surface area (TPSA) is 66.3 Å². The van der Waals surface area contributed by atoms with Crippen molar-refractivity contribution in [3.63, 3.8) is 0 Å². The standard InChI is InChI=1S/C18H24N6O/c1-22-15-2-3-16(22)12-23(8-5-15)18(25)21-11-14-4-6-20-17(10-14)24-9-7-19-13-24/h4,6-7,9-10,13,15-16H,2-3,5,8,11-12H2,1H3,(H,21,25). The van der Waals surface area contributed by atoms with Crippen molar-refractivity contribution in [1.29, 1.82) is 0 Å². The average Bonchev–Trinajstić information content (AvgIpc) is 3.22. The maximum atomic E-state index is 12.6. The number of nitrogens with one attached hydrogen (secondary N) is 1. The lowest BCUT2D eigenvalue weighted by molar-refractivity contribution is 0.188. The Labute approximate surface area is 147 Å². The molecule has 2 aliphatic rings. The first-order valence-corrected chi connectivity index (χ1v) is 8.88. The van der Waals surface area contributed by atoms with Gasteiger partial charge in [-0.3, -0.25) is 9.47 Å². The summed E-state index contributed by atoms with van der Waals surface area (Å²) in [6.45, 7) is 2.17. The first-order valence-electron chi connectivity index (χ1n) is 8.88. The van der Waals surface area contributed by atoms with Crippen molar-refractivity contribution in [2.24, 2.45) is 0 Å². The van der Waals surface area contributed by atoms with Gasteiger partial charge >= 0.3 is 6.03 Å². The minimum Gasteiger partial charge on any atom is -0.334 e. The molecule has 2 atom stereocenters. The van der Waals surface area contributed by atoms with Crippen LogP contribution in [0, 0.1) is 0 Å². The Balaban J connectivity index is 1.37. The summed E-state index contributed by atoms with van der Waals surface area (Å²) in [6, 6.07) is 5.08. The minimum atomic E-state index is 0.0296. The highest BCUT2D eigenvalue weighted by Gasteiger charge is 2.35. The van der Waals surface area contributed by atoms with Gasteiger partial charge in [0.15, 0.2) is 0 Å². The summed E-state index contributed by atoms with van der Waals surface area (Å²) in [6.07, 6.45) is 10.6. The van der Waals surface area contributed by atoms with Crippen LogP contribution in [0.2, 0.25) is 0 Å². The van der Waals surface area contributed by atoms with E-state index in [1.165, 1.54) is 12.8 Å². The number of likely N-dealkylation sites (N-methyl/N-ethyl adjacent to an activating group) is 1. The molecule has 4 rings (SSSR count). The highest BCUT2D eigenvalue weighted by Crippen LogP contribution is 2.28. The molecule has 2 aliphatic heterocycles. The number of pyridine rings is 1. The number of rotatable bonds is 3. The third kappa shape index (κ3) is 3.37. The Morgan fingerprint density at radius 1 is 1.28 bits per heavy atom. The number of nitrogens with zero attached hydrogens (tertiary/aromatic N) is 5. The van der Waals surface area contributed by atoms with Gasteiger partial charge in [0.1, 0.15) is 12.1 Å². The smallest absolute Gasteiger partial charge is 0.317 e. The van der Waals surface area contributed by atoms with Crippen molar-refractivity contribution >= 4 is 6.03 Å². The maximum Gasteiger partial charge on any atom is 0.317 e. The van der Waals surface area contributed by atoms with Gasteiger partial charge in [-0.25, -0.2) is 14.8 Å². The van der Waals surface area contributed by atoms with Crippen molar-refractivity contribution in [3.8, 4) is 5.82 Å². The van der Waals surface area contributed by atoms with Crippen LogP contribution in [0.25, 0.3) is 5.82 Å². The van der Waals surface area contributed by atoms with E-state index in [2.05, 4.69) is 27.2 Å². The highest BCUT2D eigenvalue weighted by molar-refractivity contribution is 5.74. The molecule has 2 fully saturated rings. The molecule has 2 amide bonds. The Hall–Kier alpha value is -2.41. The molecule has 0 saturated carbocycles. The first-order chi connectivity index (χ1) is 12.2. The SMILES string of the molecule is CN1C2CCC1CN(C(=O)NCc1ccnc(-n3ccnc3)c1)CC2. The van der Waals surface area contributed by atoms with Gasteiger partial charge in [-0.2, -0.15) is 0 Å². The number of fused-ring (bicyclic) bond motifs is 2. The van der Waals surface area contributed by atoms with Gasteiger partial charge in [-0.15, -0.1) is 0 Å². The summed E-state index contributed by atoms with van der Waals surface area (Å²) in [7, 11) is 2.19. The van der Waals surface area contributed by atoms with Crippen molar-refractivity contribution in [2.45, 2.75) is 37.9 Å². The third-order valence-corrected chi connectivity index (χ3v) is 5.46. The number of carbonyl (C=O) groups is 1. The van der Waals surface area contributed by atoms with Crippen LogP contribution >= 0.6 is 0 Å². The van der Waals surface area contributed by atoms with Gasteiger partial charge in [-0.05, 0) is 44.0 Å². The molecule has 2 unspecified atom stereocenters. The van der Waals surface area contributed by atoms with Crippen LogP contribution in [-0.2, 0) is 6.54 Å². The van der Waals surface area contributed by atoms with Crippen LogP contribution in [0.3, 0.4) is 0 Å². The lowest BCUT2D eigenvalue weighted by Gasteiger charge is -2.26. The first kappa shape index (κ1) is 16.1. The predicted octanol–water partition coefficient (Wildman–Crippen LogP) is 1.65. The molecule has 7 nitrogen and oxygen atoms in total. The number of carbonyl (C=O) groups excluding carboxylic acids is 1. The monoisotopic (exact) mass is 340 g/mol. The third-order valence-electron chi connectivity index (χ3n) is 5.46. The zero-order valence-electron chi connectivity index (χ0n) is 14.5. The lowest BCUT2D eigenvalue weighted by Crippen LogP contribution is -2.44. The number of hydrogen-bond acceptors (Lipinski definition) is 4. The molecule has 4 heterocycles. The zero-order chi connectivity index (χ0) is 17.2. The number of likely N-dealkylation sites (tertiary alicyclic amines) is 1. The van der Waals surface area contributed by atoms with E-state index in [9.17, 15) is 4.79 Å². The summed E-state index contributed by atoms with van der Waals surface area (Å²) < 4.78 is 1.85. The molecule has 1 N–H and O–H groups in total. The molecule has 0 aliphatic carbocycles. The van der Waals surface area contributed by atoms with E-state index in [0.29, 0.717) is 18.6 Å². The van der Waals surface area contributed by atoms with Crippen molar-refractivity contribution < 1.29 is 4.79 Å². The Bertz CT molecular complexity index is 731. The second kappa shape index (κ2) is 6.84. The van der Waals surface area contributed by atoms with E-state index in [4.69, 9.17) is 0 Å². The highest BCUT2D eigenvalue weighted by atomic mass is 16.2. The fourth-order valence-electron chi connectivity index (χ4n) is 3.89. The zero-order valence-corrected chi connectivity index (χ0v) is 14.5. The van der Waals surface area contributed by atoms with Gasteiger partial charge < -0.3 is 10.2 Å². The Kier molecular flexibility index (Phi) is 4.40. The summed E-state index contributed by atoms with van der Waals surface area (Å²) in [5.74, 6) is 0.804. The number of aromatic nitrogens is 3. The predicted molar refractivity (Wildman–Crippen MR) is 94.4 cm³/mol. The van der Waals surface area contributed by atoms with E-state index in [0.717, 1.165) is 30.9 Å². The Morgan fingerprint density at radius 3 is 3.00 bits per heavy atom. The minimum absolute atomic E-state index is 0.0296. The van der Waals surface area contributed by atoms with Crippen LogP contribution in [0.4, 0.5) is 4.79 Å². The molecular formula is C18H24N6O. The summed E-state index contributed by atoms with van der Waals surface area (Å²) in [5, 5.41) is 3.06. The van der Waals surface area contributed by atoms with E-state index >= 15 is 0 Å². The molecule has 0 aromatic carbocycles. The second-order valence-corrected chi connectivity index (χ2v) is 6.94. The van der Waals surface area contributed by atoms with Crippen molar-refractivity contribution in [1.82, 2.24) is 29.7 Å². The largest absolute Gasteiger partial charge is 0.334 e. The van der Waals surface area contributed by atoms with Crippen LogP contribution in [0.1, 0.15) is 24.8 Å². The van der Waals surface area contributed by atoms with Crippen LogP contribution in [0.15, 0.2) is 37.1 Å². The molecule has 25 heavy (non-hydrogen) atoms. The van der Waals surface area contributed by atoms with Crippen LogP contribution in [0.5, 0.6) is 0 Å². The summed E-state index contributed by atoms with van der Waals surface area (Å²) >= 11 is 0. The summed E-state index contributed by atoms with van der Waals surface area (Å²) in [4.78, 5) is 25.4. The average molecular weight is 340 g/mol. The lowest BCUT2D eigenvalue weighted by atomic mass is 10.1. The van der Waals surface area contributed by atoms with E-state index < -0.39 is 0 Å². The quantitative estimate of drug-likeness (QED) is 0.923. The number of imidazole rings is 1. The van der Waals surface area contributed by atoms with Gasteiger partial charge in [-0.1, -0.05) is 0 Å². The number of urea groups is 1. The molecule has 2 bridgehead atoms. The maximum absolute atomic E-state index is 12.6. The van der Waals surface area contributed by atoms with Crippen molar-refractivity contribution in [3.05, 3.63) is 42.6 Å². The molecule has 0 spiro atoms. The molecule has 7 heteroatoms. The molecular weight excluding hydrogens is 316 g/mol. The fourth-order valence-corrected chi connectivity index (χ4v) is 3.89. The molecule has 2 aromatic heterocycles. The molecule has 2 aromatic rings. The van der Waals surface area contributed by atoms with E-state index in [1.54, 1.807) is 18.7 Å². The van der Waals surface area contributed by atoms with Crippen molar-refractivity contribution in [2.75, 3.05) is 20.1 Å². The van der Waals surface area contributed by atoms with Gasteiger partial charge in [0.25, 0.3) is 0 Å². The number of hydrogen-bond donors (Lipinski definition) is 1. The second-order valence-electron chi connectivity index (χ2n) is 6.94. The van der Waals surface area contributed by atoms with Crippen LogP contribution < -0.4 is 5.32 Å². The number of amides is 2. The van der Waals surface area contributed by atoms with E-state index in [1.807, 2.05) is 27.8 Å². The normalized spacial score (nSPS) is 23.5. The van der Waals surface area contributed by atoms with Gasteiger partial charge in [0.2, 0.25) is 0 Å². The molecule has 0 radical (unpaired) electrons. The molecule has 2 saturated heterocycles. The Morgan fingerprint density at radius 2 is 2.16 bits per heavy atom. The van der Waals surface area contributed by atoms with E-state index in [-0.39, 0.29) is 6.03 Å². The van der Waals surface area contributed by atoms with Crippen LogP contribution in [-0.4, -0.2) is 62.6 Å². The van der Waals surface area contributed by atoms with Gasteiger partial charge in [0.05, 0.1) is 0 Å².